The summed E-state index contributed by atoms with van der Waals surface area (Å²) in [6.45, 7) is 4.49. The van der Waals surface area contributed by atoms with E-state index in [1.54, 1.807) is 6.08 Å². The van der Waals surface area contributed by atoms with Crippen molar-refractivity contribution in [3.8, 4) is 0 Å². The van der Waals surface area contributed by atoms with Crippen molar-refractivity contribution in [3.05, 3.63) is 47.0 Å². The lowest BCUT2D eigenvalue weighted by atomic mass is 10.1. The van der Waals surface area contributed by atoms with Crippen molar-refractivity contribution in [2.45, 2.75) is 26.9 Å². The van der Waals surface area contributed by atoms with Crippen LogP contribution in [0, 0.1) is 0 Å². The van der Waals surface area contributed by atoms with E-state index in [1.165, 1.54) is 0 Å². The molecule has 0 aromatic heterocycles. The number of hydrogen-bond acceptors (Lipinski definition) is 2. The number of nitrogens with one attached hydrogen (secondary N) is 1. The first-order chi connectivity index (χ1) is 8.11. The maximum absolute atomic E-state index is 11.3. The van der Waals surface area contributed by atoms with E-state index in [1.807, 2.05) is 38.1 Å². The van der Waals surface area contributed by atoms with E-state index in [2.05, 4.69) is 5.32 Å². The summed E-state index contributed by atoms with van der Waals surface area (Å²) in [5.74, 6) is -0.0445. The number of amides is 1. The molecule has 0 aliphatic rings. The van der Waals surface area contributed by atoms with E-state index in [-0.39, 0.29) is 12.5 Å². The molecule has 3 nitrogen and oxygen atoms in total. The van der Waals surface area contributed by atoms with Crippen LogP contribution in [0.5, 0.6) is 0 Å². The Bertz CT molecular complexity index is 389. The fourth-order valence-electron chi connectivity index (χ4n) is 1.45. The van der Waals surface area contributed by atoms with Crippen LogP contribution < -0.4 is 5.32 Å². The number of benzene rings is 1. The van der Waals surface area contributed by atoms with Gasteiger partial charge in [0.15, 0.2) is 0 Å². The maximum atomic E-state index is 11.3. The van der Waals surface area contributed by atoms with Crippen LogP contribution in [0.2, 0.25) is 0 Å². The molecule has 1 aromatic carbocycles. The zero-order chi connectivity index (χ0) is 12.7. The Kier molecular flexibility index (Phi) is 5.43. The second kappa shape index (κ2) is 6.86. The minimum absolute atomic E-state index is 0.0445. The van der Waals surface area contributed by atoms with Crippen molar-refractivity contribution in [1.82, 2.24) is 5.32 Å². The second-order valence-electron chi connectivity index (χ2n) is 4.24. The number of aliphatic hydroxyl groups excluding tert-OH is 1. The van der Waals surface area contributed by atoms with Gasteiger partial charge in [0.2, 0.25) is 5.91 Å². The first-order valence-corrected chi connectivity index (χ1v) is 5.73. The largest absolute Gasteiger partial charge is 0.392 e. The Morgan fingerprint density at radius 1 is 1.24 bits per heavy atom. The molecule has 1 rings (SSSR count). The van der Waals surface area contributed by atoms with Gasteiger partial charge in [-0.1, -0.05) is 29.8 Å². The van der Waals surface area contributed by atoms with Crippen molar-refractivity contribution in [3.63, 3.8) is 0 Å². The number of carbonyl (C=O) groups excluding carboxylic acids is 1. The standard InChI is InChI=1S/C14H19NO2/c1-11(2)9-14(17)15-8-7-12-3-5-13(10-16)6-4-12/h3-6,9,16H,7-8,10H2,1-2H3,(H,15,17). The van der Waals surface area contributed by atoms with Crippen LogP contribution in [0.4, 0.5) is 0 Å². The number of rotatable bonds is 5. The number of carbonyl (C=O) groups is 1. The van der Waals surface area contributed by atoms with Crippen LogP contribution in [-0.2, 0) is 17.8 Å². The average Bonchev–Trinajstić information content (AvgIpc) is 2.29. The van der Waals surface area contributed by atoms with Gasteiger partial charge in [0.25, 0.3) is 0 Å². The maximum Gasteiger partial charge on any atom is 0.243 e. The van der Waals surface area contributed by atoms with Gasteiger partial charge in [-0.05, 0) is 31.4 Å². The van der Waals surface area contributed by atoms with Gasteiger partial charge in [-0.3, -0.25) is 4.79 Å². The van der Waals surface area contributed by atoms with E-state index in [0.29, 0.717) is 6.54 Å². The van der Waals surface area contributed by atoms with Crippen LogP contribution in [-0.4, -0.2) is 17.6 Å². The summed E-state index contributed by atoms with van der Waals surface area (Å²) in [5.41, 5.74) is 3.05. The molecule has 0 unspecified atom stereocenters. The molecule has 0 radical (unpaired) electrons. The van der Waals surface area contributed by atoms with Crippen LogP contribution in [0.1, 0.15) is 25.0 Å². The zero-order valence-electron chi connectivity index (χ0n) is 10.4. The second-order valence-corrected chi connectivity index (χ2v) is 4.24. The number of aliphatic hydroxyl groups is 1. The lowest BCUT2D eigenvalue weighted by Gasteiger charge is -2.04. The van der Waals surface area contributed by atoms with Crippen molar-refractivity contribution < 1.29 is 9.90 Å². The molecular formula is C14H19NO2. The molecule has 1 aromatic rings. The third-order valence-corrected chi connectivity index (χ3v) is 2.34. The van der Waals surface area contributed by atoms with Crippen LogP contribution in [0.3, 0.4) is 0 Å². The van der Waals surface area contributed by atoms with E-state index in [0.717, 1.165) is 23.1 Å². The average molecular weight is 233 g/mol. The van der Waals surface area contributed by atoms with Crippen molar-refractivity contribution in [2.24, 2.45) is 0 Å². The molecule has 17 heavy (non-hydrogen) atoms. The molecule has 1 amide bonds. The monoisotopic (exact) mass is 233 g/mol. The predicted octanol–water partition coefficient (Wildman–Crippen LogP) is 1.80. The van der Waals surface area contributed by atoms with Gasteiger partial charge in [0.05, 0.1) is 6.61 Å². The summed E-state index contributed by atoms with van der Waals surface area (Å²) in [5, 5.41) is 11.7. The molecule has 0 saturated carbocycles. The highest BCUT2D eigenvalue weighted by molar-refractivity contribution is 5.87. The summed E-state index contributed by atoms with van der Waals surface area (Å²) in [6, 6.07) is 7.73. The van der Waals surface area contributed by atoms with Gasteiger partial charge < -0.3 is 10.4 Å². The lowest BCUT2D eigenvalue weighted by Crippen LogP contribution is -2.23. The van der Waals surface area contributed by atoms with Gasteiger partial charge in [-0.2, -0.15) is 0 Å². The molecule has 2 N–H and O–H groups in total. The Labute approximate surface area is 102 Å². The summed E-state index contributed by atoms with van der Waals surface area (Å²) in [7, 11) is 0. The van der Waals surface area contributed by atoms with E-state index < -0.39 is 0 Å². The molecular weight excluding hydrogens is 214 g/mol. The van der Waals surface area contributed by atoms with Crippen molar-refractivity contribution in [2.75, 3.05) is 6.54 Å². The molecule has 0 fully saturated rings. The lowest BCUT2D eigenvalue weighted by molar-refractivity contribution is -0.116. The van der Waals surface area contributed by atoms with Gasteiger partial charge in [-0.25, -0.2) is 0 Å². The summed E-state index contributed by atoms with van der Waals surface area (Å²) in [6.07, 6.45) is 2.39. The number of allylic oxidation sites excluding steroid dienone is 1. The van der Waals surface area contributed by atoms with Gasteiger partial charge in [0, 0.05) is 12.6 Å². The zero-order valence-corrected chi connectivity index (χ0v) is 10.4. The van der Waals surface area contributed by atoms with E-state index in [9.17, 15) is 4.79 Å². The fraction of sp³-hybridized carbons (Fsp3) is 0.357. The van der Waals surface area contributed by atoms with Crippen molar-refractivity contribution in [1.29, 1.82) is 0 Å². The van der Waals surface area contributed by atoms with E-state index in [4.69, 9.17) is 5.11 Å². The Hall–Kier alpha value is -1.61. The Morgan fingerprint density at radius 2 is 1.82 bits per heavy atom. The molecule has 0 aliphatic carbocycles. The minimum Gasteiger partial charge on any atom is -0.392 e. The molecule has 0 heterocycles. The molecule has 0 atom stereocenters. The quantitative estimate of drug-likeness (QED) is 0.762. The molecule has 0 bridgehead atoms. The third-order valence-electron chi connectivity index (χ3n) is 2.34. The van der Waals surface area contributed by atoms with Crippen LogP contribution in [0.15, 0.2) is 35.9 Å². The van der Waals surface area contributed by atoms with Gasteiger partial charge in [0.1, 0.15) is 0 Å². The minimum atomic E-state index is -0.0445. The highest BCUT2D eigenvalue weighted by atomic mass is 16.3. The molecule has 3 heteroatoms. The summed E-state index contributed by atoms with van der Waals surface area (Å²) < 4.78 is 0. The van der Waals surface area contributed by atoms with Crippen molar-refractivity contribution >= 4 is 5.91 Å². The SMILES string of the molecule is CC(C)=CC(=O)NCCc1ccc(CO)cc1. The molecule has 92 valence electrons. The molecule has 0 saturated heterocycles. The van der Waals surface area contributed by atoms with E-state index >= 15 is 0 Å². The molecule has 0 spiro atoms. The Morgan fingerprint density at radius 3 is 2.35 bits per heavy atom. The first kappa shape index (κ1) is 13.5. The third kappa shape index (κ3) is 5.31. The topological polar surface area (TPSA) is 49.3 Å². The number of hydrogen-bond donors (Lipinski definition) is 2. The highest BCUT2D eigenvalue weighted by Gasteiger charge is 1.97. The Balaban J connectivity index is 2.35. The molecule has 0 aliphatic heterocycles. The van der Waals surface area contributed by atoms with Crippen LogP contribution >= 0.6 is 0 Å². The van der Waals surface area contributed by atoms with Gasteiger partial charge >= 0.3 is 0 Å². The first-order valence-electron chi connectivity index (χ1n) is 5.73. The van der Waals surface area contributed by atoms with Crippen LogP contribution in [0.25, 0.3) is 0 Å². The summed E-state index contributed by atoms with van der Waals surface area (Å²) >= 11 is 0. The smallest absolute Gasteiger partial charge is 0.243 e. The fourth-order valence-corrected chi connectivity index (χ4v) is 1.45. The normalized spacial score (nSPS) is 9.82. The summed E-state index contributed by atoms with van der Waals surface area (Å²) in [4.78, 5) is 11.3. The highest BCUT2D eigenvalue weighted by Crippen LogP contribution is 2.04. The predicted molar refractivity (Wildman–Crippen MR) is 68.5 cm³/mol. The van der Waals surface area contributed by atoms with Gasteiger partial charge in [-0.15, -0.1) is 0 Å².